The maximum absolute atomic E-state index is 11.7. The van der Waals surface area contributed by atoms with Gasteiger partial charge < -0.3 is 14.6 Å². The van der Waals surface area contributed by atoms with Gasteiger partial charge >= 0.3 is 5.76 Å². The molecule has 0 spiro atoms. The standard InChI is InChI=1S/C28H36ClN7O3/c1-5-22(23(37)6-2)35(4)27-32-20-12-21(26-33-28(38)39-34-26)31-24(18-11-19(29)14-30-13-18)25(20)36(27)15-17-9-7-16(3)8-10-17/h11-14,16-17,22-23,37H,5-10,15H2,1-4H3,(H,33,34,38). The van der Waals surface area contributed by atoms with E-state index in [0.717, 1.165) is 48.8 Å². The molecule has 0 saturated heterocycles. The van der Waals surface area contributed by atoms with Gasteiger partial charge in [0.2, 0.25) is 11.8 Å². The summed E-state index contributed by atoms with van der Waals surface area (Å²) >= 11 is 6.36. The van der Waals surface area contributed by atoms with Crippen molar-refractivity contribution in [2.45, 2.75) is 78.0 Å². The highest BCUT2D eigenvalue weighted by Gasteiger charge is 2.29. The normalized spacial score (nSPS) is 19.3. The maximum Gasteiger partial charge on any atom is 0.439 e. The van der Waals surface area contributed by atoms with E-state index in [2.05, 4.69) is 38.4 Å². The van der Waals surface area contributed by atoms with Crippen LogP contribution in [0.5, 0.6) is 0 Å². The molecular formula is C28H36ClN7O3. The number of nitrogens with zero attached hydrogens (tertiary/aromatic N) is 6. The van der Waals surface area contributed by atoms with E-state index < -0.39 is 11.9 Å². The Bertz CT molecular complexity index is 1490. The number of aliphatic hydroxyl groups is 1. The Kier molecular flexibility index (Phi) is 8.04. The maximum atomic E-state index is 11.7. The van der Waals surface area contributed by atoms with Crippen LogP contribution in [0.25, 0.3) is 33.8 Å². The first-order valence-electron chi connectivity index (χ1n) is 13.8. The number of hydrogen-bond acceptors (Lipinski definition) is 8. The van der Waals surface area contributed by atoms with Crippen LogP contribution < -0.4 is 10.7 Å². The average molecular weight is 554 g/mol. The number of anilines is 1. The quantitative estimate of drug-likeness (QED) is 0.286. The smallest absolute Gasteiger partial charge is 0.391 e. The van der Waals surface area contributed by atoms with Crippen molar-refractivity contribution in [3.8, 4) is 22.8 Å². The fourth-order valence-corrected chi connectivity index (χ4v) is 5.96. The van der Waals surface area contributed by atoms with E-state index in [1.54, 1.807) is 12.4 Å². The van der Waals surface area contributed by atoms with Crippen molar-refractivity contribution in [3.05, 3.63) is 40.1 Å². The first-order valence-corrected chi connectivity index (χ1v) is 14.2. The number of rotatable bonds is 9. The summed E-state index contributed by atoms with van der Waals surface area (Å²) in [5, 5.41) is 15.2. The molecule has 2 N–H and O–H groups in total. The summed E-state index contributed by atoms with van der Waals surface area (Å²) in [6, 6.07) is 3.54. The van der Waals surface area contributed by atoms with Crippen LogP contribution in [0.3, 0.4) is 0 Å². The lowest BCUT2D eigenvalue weighted by Crippen LogP contribution is -2.42. The minimum absolute atomic E-state index is 0.104. The minimum atomic E-state index is -0.658. The lowest BCUT2D eigenvalue weighted by Gasteiger charge is -2.33. The Morgan fingerprint density at radius 2 is 1.95 bits per heavy atom. The molecule has 0 amide bonds. The van der Waals surface area contributed by atoms with Crippen molar-refractivity contribution in [1.82, 2.24) is 29.7 Å². The van der Waals surface area contributed by atoms with Crippen LogP contribution in [0.1, 0.15) is 59.3 Å². The number of pyridine rings is 2. The van der Waals surface area contributed by atoms with Crippen molar-refractivity contribution in [3.63, 3.8) is 0 Å². The predicted molar refractivity (Wildman–Crippen MR) is 152 cm³/mol. The van der Waals surface area contributed by atoms with Crippen molar-refractivity contribution in [2.75, 3.05) is 11.9 Å². The van der Waals surface area contributed by atoms with E-state index in [9.17, 15) is 9.90 Å². The monoisotopic (exact) mass is 553 g/mol. The van der Waals surface area contributed by atoms with Crippen LogP contribution in [-0.4, -0.2) is 54.0 Å². The van der Waals surface area contributed by atoms with Gasteiger partial charge in [0.05, 0.1) is 33.9 Å². The van der Waals surface area contributed by atoms with Gasteiger partial charge in [-0.25, -0.2) is 14.8 Å². The number of hydrogen-bond donors (Lipinski definition) is 2. The molecular weight excluding hydrogens is 518 g/mol. The second-order valence-corrected chi connectivity index (χ2v) is 11.2. The van der Waals surface area contributed by atoms with Crippen molar-refractivity contribution >= 4 is 28.6 Å². The van der Waals surface area contributed by atoms with Crippen LogP contribution in [0.15, 0.2) is 33.8 Å². The van der Waals surface area contributed by atoms with Gasteiger partial charge in [0.15, 0.2) is 0 Å². The molecule has 0 aromatic carbocycles. The molecule has 1 aliphatic carbocycles. The first kappa shape index (κ1) is 27.3. The summed E-state index contributed by atoms with van der Waals surface area (Å²) in [6.45, 7) is 7.18. The molecule has 208 valence electrons. The molecule has 0 bridgehead atoms. The van der Waals surface area contributed by atoms with Crippen LogP contribution in [0.2, 0.25) is 5.02 Å². The fraction of sp³-hybridized carbons (Fsp3) is 0.536. The van der Waals surface area contributed by atoms with E-state index in [-0.39, 0.29) is 11.9 Å². The molecule has 0 aliphatic heterocycles. The SMILES string of the molecule is CCC(O)C(CC)N(C)c1nc2cc(-c3noc(=O)[nH]3)nc(-c3cncc(Cl)c3)c2n1CC1CCC(C)CC1. The Morgan fingerprint density at radius 1 is 1.18 bits per heavy atom. The molecule has 1 aliphatic rings. The zero-order chi connectivity index (χ0) is 27.7. The van der Waals surface area contributed by atoms with E-state index in [4.69, 9.17) is 26.1 Å². The van der Waals surface area contributed by atoms with E-state index in [1.807, 2.05) is 26.1 Å². The van der Waals surface area contributed by atoms with E-state index in [0.29, 0.717) is 34.3 Å². The van der Waals surface area contributed by atoms with Gasteiger partial charge in [0.1, 0.15) is 5.69 Å². The Labute approximate surface area is 232 Å². The van der Waals surface area contributed by atoms with Crippen LogP contribution in [0, 0.1) is 11.8 Å². The number of nitrogens with one attached hydrogen (secondary N) is 1. The lowest BCUT2D eigenvalue weighted by molar-refractivity contribution is 0.135. The van der Waals surface area contributed by atoms with Gasteiger partial charge in [-0.2, -0.15) is 0 Å². The van der Waals surface area contributed by atoms with Gasteiger partial charge in [-0.3, -0.25) is 14.5 Å². The first-order chi connectivity index (χ1) is 18.8. The molecule has 10 nitrogen and oxygen atoms in total. The second-order valence-electron chi connectivity index (χ2n) is 10.8. The Hall–Kier alpha value is -3.24. The second kappa shape index (κ2) is 11.5. The van der Waals surface area contributed by atoms with Gasteiger partial charge in [0, 0.05) is 31.5 Å². The third-order valence-corrected chi connectivity index (χ3v) is 8.24. The summed E-state index contributed by atoms with van der Waals surface area (Å²) in [7, 11) is 2.00. The highest BCUT2D eigenvalue weighted by Crippen LogP contribution is 2.37. The number of imidazole rings is 1. The number of halogens is 1. The molecule has 11 heteroatoms. The van der Waals surface area contributed by atoms with Crippen molar-refractivity contribution < 1.29 is 9.63 Å². The molecule has 2 unspecified atom stereocenters. The van der Waals surface area contributed by atoms with Gasteiger partial charge in [-0.15, -0.1) is 0 Å². The third-order valence-electron chi connectivity index (χ3n) is 8.04. The minimum Gasteiger partial charge on any atom is -0.391 e. The zero-order valence-corrected chi connectivity index (χ0v) is 23.6. The fourth-order valence-electron chi connectivity index (χ4n) is 5.78. The topological polar surface area (TPSA) is 126 Å². The summed E-state index contributed by atoms with van der Waals surface area (Å²) in [4.78, 5) is 30.8. The van der Waals surface area contributed by atoms with Crippen molar-refractivity contribution in [2.24, 2.45) is 11.8 Å². The summed E-state index contributed by atoms with van der Waals surface area (Å²) < 4.78 is 7.01. The predicted octanol–water partition coefficient (Wildman–Crippen LogP) is 5.30. The number of fused-ring (bicyclic) bond motifs is 1. The van der Waals surface area contributed by atoms with Gasteiger partial charge in [-0.1, -0.05) is 50.4 Å². The lowest BCUT2D eigenvalue weighted by atomic mass is 9.83. The molecule has 4 aromatic heterocycles. The number of H-pyrrole nitrogens is 1. The zero-order valence-electron chi connectivity index (χ0n) is 22.9. The Morgan fingerprint density at radius 3 is 2.59 bits per heavy atom. The van der Waals surface area contributed by atoms with Crippen LogP contribution in [0.4, 0.5) is 5.95 Å². The molecule has 39 heavy (non-hydrogen) atoms. The van der Waals surface area contributed by atoms with Gasteiger partial charge in [-0.05, 0) is 49.7 Å². The van der Waals surface area contributed by atoms with Crippen molar-refractivity contribution in [1.29, 1.82) is 0 Å². The number of aromatic amines is 1. The average Bonchev–Trinajstić information content (AvgIpc) is 3.53. The van der Waals surface area contributed by atoms with Crippen LogP contribution >= 0.6 is 11.6 Å². The molecule has 1 saturated carbocycles. The number of aliphatic hydroxyl groups excluding tert-OH is 1. The summed E-state index contributed by atoms with van der Waals surface area (Å²) in [5.74, 6) is 1.58. The van der Waals surface area contributed by atoms with E-state index >= 15 is 0 Å². The molecule has 1 fully saturated rings. The highest BCUT2D eigenvalue weighted by atomic mass is 35.5. The molecule has 2 atom stereocenters. The summed E-state index contributed by atoms with van der Waals surface area (Å²) in [6.07, 6.45) is 8.95. The Balaban J connectivity index is 1.75. The molecule has 4 heterocycles. The number of aromatic nitrogens is 6. The largest absolute Gasteiger partial charge is 0.439 e. The van der Waals surface area contributed by atoms with E-state index in [1.165, 1.54) is 12.8 Å². The summed E-state index contributed by atoms with van der Waals surface area (Å²) in [5.41, 5.74) is 3.35. The number of likely N-dealkylation sites (N-methyl/N-ethyl adjacent to an activating group) is 1. The highest BCUT2D eigenvalue weighted by molar-refractivity contribution is 6.30. The molecule has 5 rings (SSSR count). The third kappa shape index (κ3) is 5.58. The van der Waals surface area contributed by atoms with Crippen LogP contribution in [-0.2, 0) is 6.54 Å². The molecule has 4 aromatic rings. The van der Waals surface area contributed by atoms with Gasteiger partial charge in [0.25, 0.3) is 0 Å². The molecule has 0 radical (unpaired) electrons.